The molecular formula is C14H18N2O. The second kappa shape index (κ2) is 6.29. The van der Waals surface area contributed by atoms with Gasteiger partial charge >= 0.3 is 0 Å². The highest BCUT2D eigenvalue weighted by atomic mass is 16.2. The predicted molar refractivity (Wildman–Crippen MR) is 70.1 cm³/mol. The summed E-state index contributed by atoms with van der Waals surface area (Å²) in [5.41, 5.74) is 2.27. The zero-order valence-corrected chi connectivity index (χ0v) is 9.95. The van der Waals surface area contributed by atoms with E-state index in [1.807, 2.05) is 12.1 Å². The number of aliphatic hydroxyl groups excluding tert-OH is 1. The number of hydrogen-bond acceptors (Lipinski definition) is 3. The first kappa shape index (κ1) is 12.0. The van der Waals surface area contributed by atoms with E-state index in [4.69, 9.17) is 5.11 Å². The average Bonchev–Trinajstić information content (AvgIpc) is 2.41. The summed E-state index contributed by atoms with van der Waals surface area (Å²) in [6, 6.07) is 8.33. The van der Waals surface area contributed by atoms with Crippen molar-refractivity contribution >= 4 is 5.69 Å². The lowest BCUT2D eigenvalue weighted by molar-refractivity contribution is 0.305. The number of benzene rings is 1. The maximum Gasteiger partial charge on any atom is 0.0540 e. The van der Waals surface area contributed by atoms with Crippen molar-refractivity contribution in [1.82, 2.24) is 5.32 Å². The van der Waals surface area contributed by atoms with Gasteiger partial charge in [0.05, 0.1) is 6.61 Å². The van der Waals surface area contributed by atoms with E-state index in [0.29, 0.717) is 6.42 Å². The Hall–Kier alpha value is -1.50. The van der Waals surface area contributed by atoms with Crippen LogP contribution in [0.3, 0.4) is 0 Å². The minimum absolute atomic E-state index is 0.131. The number of hydrogen-bond donors (Lipinski definition) is 2. The van der Waals surface area contributed by atoms with E-state index in [0.717, 1.165) is 31.7 Å². The van der Waals surface area contributed by atoms with Gasteiger partial charge in [-0.25, -0.2) is 0 Å². The molecule has 3 heteroatoms. The monoisotopic (exact) mass is 230 g/mol. The molecule has 0 aromatic heterocycles. The molecule has 1 aromatic rings. The van der Waals surface area contributed by atoms with E-state index in [1.54, 1.807) is 0 Å². The summed E-state index contributed by atoms with van der Waals surface area (Å²) in [5, 5.41) is 12.0. The van der Waals surface area contributed by atoms with Crippen LogP contribution >= 0.6 is 0 Å². The van der Waals surface area contributed by atoms with Crippen molar-refractivity contribution in [2.75, 3.05) is 37.7 Å². The second-order valence-corrected chi connectivity index (χ2v) is 4.06. The molecule has 0 aliphatic carbocycles. The molecule has 1 saturated heterocycles. The fourth-order valence-electron chi connectivity index (χ4n) is 1.90. The molecule has 1 aliphatic heterocycles. The molecule has 1 aliphatic rings. The van der Waals surface area contributed by atoms with Crippen LogP contribution in [0.5, 0.6) is 0 Å². The van der Waals surface area contributed by atoms with E-state index >= 15 is 0 Å². The van der Waals surface area contributed by atoms with Gasteiger partial charge in [0.1, 0.15) is 0 Å². The Bertz CT molecular complexity index is 396. The van der Waals surface area contributed by atoms with E-state index in [1.165, 1.54) is 5.69 Å². The highest BCUT2D eigenvalue weighted by Gasteiger charge is 2.09. The van der Waals surface area contributed by atoms with Crippen LogP contribution in [0.2, 0.25) is 0 Å². The fourth-order valence-corrected chi connectivity index (χ4v) is 1.90. The zero-order valence-electron chi connectivity index (χ0n) is 9.95. The molecule has 90 valence electrons. The number of aliphatic hydroxyl groups is 1. The van der Waals surface area contributed by atoms with Crippen molar-refractivity contribution in [2.24, 2.45) is 0 Å². The smallest absolute Gasteiger partial charge is 0.0540 e. The molecule has 2 rings (SSSR count). The molecule has 2 N–H and O–H groups in total. The second-order valence-electron chi connectivity index (χ2n) is 4.06. The average molecular weight is 230 g/mol. The van der Waals surface area contributed by atoms with Crippen molar-refractivity contribution < 1.29 is 5.11 Å². The SMILES string of the molecule is OCCC#Cc1ccc(N2CCNCC2)cc1. The summed E-state index contributed by atoms with van der Waals surface area (Å²) in [5.74, 6) is 5.96. The summed E-state index contributed by atoms with van der Waals surface area (Å²) in [7, 11) is 0. The molecule has 0 bridgehead atoms. The predicted octanol–water partition coefficient (Wildman–Crippen LogP) is 0.830. The molecule has 0 spiro atoms. The first-order valence-electron chi connectivity index (χ1n) is 6.05. The van der Waals surface area contributed by atoms with Gasteiger partial charge in [0.25, 0.3) is 0 Å². The van der Waals surface area contributed by atoms with E-state index in [2.05, 4.69) is 34.2 Å². The Kier molecular flexibility index (Phi) is 4.43. The van der Waals surface area contributed by atoms with Crippen LogP contribution < -0.4 is 10.2 Å². The lowest BCUT2D eigenvalue weighted by atomic mass is 10.2. The third-order valence-corrected chi connectivity index (χ3v) is 2.82. The highest BCUT2D eigenvalue weighted by Crippen LogP contribution is 2.15. The first-order valence-corrected chi connectivity index (χ1v) is 6.05. The van der Waals surface area contributed by atoms with Gasteiger partial charge < -0.3 is 15.3 Å². The number of anilines is 1. The Balaban J connectivity index is 2.00. The van der Waals surface area contributed by atoms with Gasteiger partial charge in [-0.05, 0) is 24.3 Å². The quantitative estimate of drug-likeness (QED) is 0.739. The summed E-state index contributed by atoms with van der Waals surface area (Å²) in [6.07, 6.45) is 0.541. The summed E-state index contributed by atoms with van der Waals surface area (Å²) >= 11 is 0. The van der Waals surface area contributed by atoms with Crippen LogP contribution in [0.1, 0.15) is 12.0 Å². The molecule has 1 aromatic carbocycles. The van der Waals surface area contributed by atoms with Gasteiger partial charge in [-0.2, -0.15) is 0 Å². The van der Waals surface area contributed by atoms with Gasteiger partial charge in [-0.15, -0.1) is 0 Å². The molecule has 1 fully saturated rings. The molecule has 0 atom stereocenters. The van der Waals surface area contributed by atoms with Crippen molar-refractivity contribution in [2.45, 2.75) is 6.42 Å². The maximum absolute atomic E-state index is 8.64. The van der Waals surface area contributed by atoms with Crippen LogP contribution in [0.15, 0.2) is 24.3 Å². The van der Waals surface area contributed by atoms with Gasteiger partial charge in [0, 0.05) is 43.9 Å². The molecule has 0 unspecified atom stereocenters. The molecule has 17 heavy (non-hydrogen) atoms. The zero-order chi connectivity index (χ0) is 11.9. The minimum Gasteiger partial charge on any atom is -0.395 e. The summed E-state index contributed by atoms with van der Waals surface area (Å²) < 4.78 is 0. The third kappa shape index (κ3) is 3.48. The van der Waals surface area contributed by atoms with Gasteiger partial charge in [0.2, 0.25) is 0 Å². The van der Waals surface area contributed by atoms with Gasteiger partial charge in [-0.1, -0.05) is 11.8 Å². The Morgan fingerprint density at radius 2 is 1.88 bits per heavy atom. The first-order chi connectivity index (χ1) is 8.40. The topological polar surface area (TPSA) is 35.5 Å². The van der Waals surface area contributed by atoms with Crippen molar-refractivity contribution in [3.63, 3.8) is 0 Å². The standard InChI is InChI=1S/C14H18N2O/c17-12-2-1-3-13-4-6-14(7-5-13)16-10-8-15-9-11-16/h4-7,15,17H,2,8-12H2. The van der Waals surface area contributed by atoms with Crippen molar-refractivity contribution in [3.8, 4) is 11.8 Å². The van der Waals surface area contributed by atoms with Crippen molar-refractivity contribution in [3.05, 3.63) is 29.8 Å². The van der Waals surface area contributed by atoms with Crippen LogP contribution in [-0.4, -0.2) is 37.9 Å². The normalized spacial score (nSPS) is 15.2. The lowest BCUT2D eigenvalue weighted by Crippen LogP contribution is -2.43. The van der Waals surface area contributed by atoms with Crippen LogP contribution in [0.4, 0.5) is 5.69 Å². The molecule has 0 radical (unpaired) electrons. The Morgan fingerprint density at radius 3 is 2.53 bits per heavy atom. The minimum atomic E-state index is 0.131. The van der Waals surface area contributed by atoms with E-state index in [-0.39, 0.29) is 6.61 Å². The third-order valence-electron chi connectivity index (χ3n) is 2.82. The molecule has 0 amide bonds. The maximum atomic E-state index is 8.64. The fraction of sp³-hybridized carbons (Fsp3) is 0.429. The van der Waals surface area contributed by atoms with E-state index < -0.39 is 0 Å². The molecule has 0 saturated carbocycles. The number of piperazine rings is 1. The number of nitrogens with zero attached hydrogens (tertiary/aromatic N) is 1. The number of nitrogens with one attached hydrogen (secondary N) is 1. The van der Waals surface area contributed by atoms with Crippen LogP contribution in [-0.2, 0) is 0 Å². The molecule has 1 heterocycles. The van der Waals surface area contributed by atoms with Gasteiger partial charge in [-0.3, -0.25) is 0 Å². The Morgan fingerprint density at radius 1 is 1.18 bits per heavy atom. The number of rotatable bonds is 2. The summed E-state index contributed by atoms with van der Waals surface area (Å²) in [6.45, 7) is 4.37. The van der Waals surface area contributed by atoms with Crippen LogP contribution in [0.25, 0.3) is 0 Å². The molecule has 3 nitrogen and oxygen atoms in total. The van der Waals surface area contributed by atoms with Crippen molar-refractivity contribution in [1.29, 1.82) is 0 Å². The van der Waals surface area contributed by atoms with E-state index in [9.17, 15) is 0 Å². The molecular weight excluding hydrogens is 212 g/mol. The highest BCUT2D eigenvalue weighted by molar-refractivity contribution is 5.50. The van der Waals surface area contributed by atoms with Crippen LogP contribution in [0, 0.1) is 11.8 Å². The summed E-state index contributed by atoms with van der Waals surface area (Å²) in [4.78, 5) is 2.38. The van der Waals surface area contributed by atoms with Gasteiger partial charge in [0.15, 0.2) is 0 Å². The largest absolute Gasteiger partial charge is 0.395 e. The lowest BCUT2D eigenvalue weighted by Gasteiger charge is -2.29. The Labute approximate surface area is 102 Å².